The molecule has 3 heterocycles. The van der Waals surface area contributed by atoms with E-state index in [2.05, 4.69) is 34.7 Å². The molecule has 21 heavy (non-hydrogen) atoms. The first kappa shape index (κ1) is 12.1. The van der Waals surface area contributed by atoms with Crippen LogP contribution in [-0.4, -0.2) is 35.7 Å². The molecule has 0 radical (unpaired) electrons. The van der Waals surface area contributed by atoms with E-state index in [1.807, 2.05) is 0 Å². The summed E-state index contributed by atoms with van der Waals surface area (Å²) in [6, 6.07) is 7.37. The van der Waals surface area contributed by atoms with Crippen molar-refractivity contribution in [1.29, 1.82) is 0 Å². The fourth-order valence-corrected chi connectivity index (χ4v) is 5.33. The van der Waals surface area contributed by atoms with Crippen LogP contribution in [0.1, 0.15) is 30.0 Å². The maximum atomic E-state index is 5.45. The Balaban J connectivity index is 1.76. The van der Waals surface area contributed by atoms with Gasteiger partial charge in [-0.05, 0) is 48.9 Å². The summed E-state index contributed by atoms with van der Waals surface area (Å²) in [7, 11) is 4.02. The second kappa shape index (κ2) is 4.04. The number of fused-ring (bicyclic) bond motifs is 5. The molecule has 2 bridgehead atoms. The molecule has 0 amide bonds. The molecule has 1 saturated heterocycles. The van der Waals surface area contributed by atoms with E-state index < -0.39 is 0 Å². The van der Waals surface area contributed by atoms with Crippen LogP contribution in [0.5, 0.6) is 5.75 Å². The molecule has 5 rings (SSSR count). The van der Waals surface area contributed by atoms with Gasteiger partial charge < -0.3 is 9.30 Å². The third kappa shape index (κ3) is 1.48. The summed E-state index contributed by atoms with van der Waals surface area (Å²) in [6.07, 6.45) is 4.02. The lowest BCUT2D eigenvalue weighted by molar-refractivity contribution is 0.200. The van der Waals surface area contributed by atoms with Gasteiger partial charge in [0.1, 0.15) is 5.75 Å². The van der Waals surface area contributed by atoms with Crippen molar-refractivity contribution in [3.63, 3.8) is 0 Å². The van der Waals surface area contributed by atoms with Crippen molar-refractivity contribution < 1.29 is 4.74 Å². The minimum atomic E-state index is 0.754. The van der Waals surface area contributed by atoms with E-state index in [1.165, 1.54) is 43.3 Å². The summed E-state index contributed by atoms with van der Waals surface area (Å²) < 4.78 is 7.92. The SMILES string of the molecule is COc1ccc2c(c1)c1c(n2C)[C@@H]2C[C@H]3C[C@@H]2N(CC1)C3. The van der Waals surface area contributed by atoms with Crippen LogP contribution in [-0.2, 0) is 13.5 Å². The molecule has 1 aromatic heterocycles. The number of aryl methyl sites for hydroxylation is 1. The van der Waals surface area contributed by atoms with E-state index in [9.17, 15) is 0 Å². The molecule has 1 aliphatic carbocycles. The van der Waals surface area contributed by atoms with E-state index in [0.29, 0.717) is 0 Å². The molecule has 3 heteroatoms. The van der Waals surface area contributed by atoms with Gasteiger partial charge in [0.05, 0.1) is 7.11 Å². The summed E-state index contributed by atoms with van der Waals surface area (Å²) >= 11 is 0. The predicted molar refractivity (Wildman–Crippen MR) is 84.0 cm³/mol. The van der Waals surface area contributed by atoms with Crippen LogP contribution in [0.3, 0.4) is 0 Å². The van der Waals surface area contributed by atoms with Crippen molar-refractivity contribution in [1.82, 2.24) is 9.47 Å². The Labute approximate surface area is 125 Å². The zero-order valence-corrected chi connectivity index (χ0v) is 12.8. The maximum Gasteiger partial charge on any atom is 0.119 e. The fourth-order valence-electron chi connectivity index (χ4n) is 5.33. The fraction of sp³-hybridized carbons (Fsp3) is 0.556. The molecule has 3 aliphatic rings. The van der Waals surface area contributed by atoms with Gasteiger partial charge in [-0.25, -0.2) is 0 Å². The molecule has 3 nitrogen and oxygen atoms in total. The van der Waals surface area contributed by atoms with E-state index in [4.69, 9.17) is 4.74 Å². The molecule has 1 aromatic carbocycles. The first-order chi connectivity index (χ1) is 10.3. The summed E-state index contributed by atoms with van der Waals surface area (Å²) in [5.74, 6) is 2.68. The highest BCUT2D eigenvalue weighted by molar-refractivity contribution is 5.87. The number of hydrogen-bond donors (Lipinski definition) is 0. The highest BCUT2D eigenvalue weighted by atomic mass is 16.5. The van der Waals surface area contributed by atoms with Crippen molar-refractivity contribution in [3.05, 3.63) is 29.5 Å². The molecule has 2 aliphatic heterocycles. The highest BCUT2D eigenvalue weighted by Gasteiger charge is 2.48. The molecular formula is C18H22N2O. The van der Waals surface area contributed by atoms with Crippen LogP contribution in [0.15, 0.2) is 18.2 Å². The molecule has 0 spiro atoms. The minimum Gasteiger partial charge on any atom is -0.497 e. The van der Waals surface area contributed by atoms with Crippen LogP contribution in [0.2, 0.25) is 0 Å². The van der Waals surface area contributed by atoms with E-state index >= 15 is 0 Å². The van der Waals surface area contributed by atoms with Crippen molar-refractivity contribution in [2.24, 2.45) is 13.0 Å². The van der Waals surface area contributed by atoms with Crippen molar-refractivity contribution in [2.45, 2.75) is 31.2 Å². The average molecular weight is 282 g/mol. The third-order valence-corrected chi connectivity index (χ3v) is 6.15. The number of piperidine rings is 1. The van der Waals surface area contributed by atoms with Crippen LogP contribution >= 0.6 is 0 Å². The normalized spacial score (nSPS) is 30.7. The van der Waals surface area contributed by atoms with Crippen molar-refractivity contribution in [2.75, 3.05) is 20.2 Å². The number of rotatable bonds is 1. The number of ether oxygens (including phenoxy) is 1. The molecule has 1 saturated carbocycles. The Morgan fingerprint density at radius 1 is 1.24 bits per heavy atom. The predicted octanol–water partition coefficient (Wildman–Crippen LogP) is 2.92. The lowest BCUT2D eigenvalue weighted by Crippen LogP contribution is -2.36. The third-order valence-electron chi connectivity index (χ3n) is 6.15. The Morgan fingerprint density at radius 3 is 2.95 bits per heavy atom. The van der Waals surface area contributed by atoms with Crippen LogP contribution in [0.25, 0.3) is 10.9 Å². The van der Waals surface area contributed by atoms with Gasteiger partial charge in [0.2, 0.25) is 0 Å². The van der Waals surface area contributed by atoms with Gasteiger partial charge in [-0.2, -0.15) is 0 Å². The van der Waals surface area contributed by atoms with E-state index in [0.717, 1.165) is 23.6 Å². The average Bonchev–Trinajstić information content (AvgIpc) is 3.15. The summed E-state index contributed by atoms with van der Waals surface area (Å²) in [5, 5.41) is 1.41. The van der Waals surface area contributed by atoms with Gasteiger partial charge >= 0.3 is 0 Å². The van der Waals surface area contributed by atoms with E-state index in [1.54, 1.807) is 18.4 Å². The topological polar surface area (TPSA) is 17.4 Å². The zero-order chi connectivity index (χ0) is 14.1. The van der Waals surface area contributed by atoms with Gasteiger partial charge in [0.25, 0.3) is 0 Å². The second-order valence-electron chi connectivity index (χ2n) is 7.06. The van der Waals surface area contributed by atoms with Crippen LogP contribution in [0, 0.1) is 5.92 Å². The maximum absolute atomic E-state index is 5.45. The number of hydrogen-bond acceptors (Lipinski definition) is 2. The first-order valence-corrected chi connectivity index (χ1v) is 8.15. The van der Waals surface area contributed by atoms with Gasteiger partial charge in [0.15, 0.2) is 0 Å². The summed E-state index contributed by atoms with van der Waals surface area (Å²) in [5.41, 5.74) is 4.58. The highest BCUT2D eigenvalue weighted by Crippen LogP contribution is 2.51. The number of methoxy groups -OCH3 is 1. The molecule has 3 atom stereocenters. The Morgan fingerprint density at radius 2 is 2.14 bits per heavy atom. The van der Waals surface area contributed by atoms with Gasteiger partial charge in [-0.3, -0.25) is 4.90 Å². The Bertz CT molecular complexity index is 732. The quantitative estimate of drug-likeness (QED) is 0.800. The standard InChI is InChI=1S/C18H22N2O/c1-19-16-4-3-12(21-2)9-14(16)13-5-6-20-10-11-7-15(18(13)19)17(20)8-11/h3-4,9,11,15,17H,5-8,10H2,1-2H3/t11-,15+,17-/m0/s1. The minimum absolute atomic E-state index is 0.754. The molecule has 2 fully saturated rings. The zero-order valence-electron chi connectivity index (χ0n) is 12.8. The lowest BCUT2D eigenvalue weighted by atomic mass is 9.93. The van der Waals surface area contributed by atoms with Gasteiger partial charge in [-0.15, -0.1) is 0 Å². The largest absolute Gasteiger partial charge is 0.497 e. The molecule has 0 N–H and O–H groups in total. The van der Waals surface area contributed by atoms with Crippen molar-refractivity contribution >= 4 is 10.9 Å². The lowest BCUT2D eigenvalue weighted by Gasteiger charge is -2.31. The smallest absolute Gasteiger partial charge is 0.119 e. The number of nitrogens with zero attached hydrogens (tertiary/aromatic N) is 2. The van der Waals surface area contributed by atoms with Gasteiger partial charge in [0, 0.05) is 48.7 Å². The number of benzene rings is 1. The monoisotopic (exact) mass is 282 g/mol. The Hall–Kier alpha value is -1.48. The molecular weight excluding hydrogens is 260 g/mol. The molecule has 2 aromatic rings. The molecule has 0 unspecified atom stereocenters. The van der Waals surface area contributed by atoms with Gasteiger partial charge in [-0.1, -0.05) is 0 Å². The van der Waals surface area contributed by atoms with Crippen molar-refractivity contribution in [3.8, 4) is 5.75 Å². The summed E-state index contributed by atoms with van der Waals surface area (Å²) in [6.45, 7) is 2.58. The Kier molecular flexibility index (Phi) is 2.33. The second-order valence-corrected chi connectivity index (χ2v) is 7.06. The van der Waals surface area contributed by atoms with E-state index in [-0.39, 0.29) is 0 Å². The molecule has 110 valence electrons. The van der Waals surface area contributed by atoms with Crippen LogP contribution in [0.4, 0.5) is 0 Å². The van der Waals surface area contributed by atoms with Crippen LogP contribution < -0.4 is 4.74 Å². The first-order valence-electron chi connectivity index (χ1n) is 8.15. The number of aromatic nitrogens is 1. The summed E-state index contributed by atoms with van der Waals surface area (Å²) in [4.78, 5) is 2.75.